The molecule has 0 spiro atoms. The van der Waals surface area contributed by atoms with E-state index >= 15 is 0 Å². The smallest absolute Gasteiger partial charge is 0.409 e. The fourth-order valence-corrected chi connectivity index (χ4v) is 7.19. The van der Waals surface area contributed by atoms with Crippen molar-refractivity contribution in [1.82, 2.24) is 30.3 Å². The zero-order valence-electron chi connectivity index (χ0n) is 32.3. The monoisotopic (exact) mass is 750 g/mol. The Balaban J connectivity index is 1.35. The lowest BCUT2D eigenvalue weighted by Gasteiger charge is -2.36. The standard InChI is InChI=1S/C39H54N6O9/c1-7-52-38(51)44-19-17-43(18-20-44)37(50)30(23-33(46)54-39(4,5)6)42-34(47)29-22-32(27-15-14-24(2)21-28(27)41-29)53-25(3)36(49)45-16-10-13-31(45)35(48)40-26-11-8-9-12-26/h14-15,21-22,25-26,30-31H,7-13,16-20,23H2,1-6H3,(H,40,48)(H,42,47)/t25-,30-,31-/m0/s1. The number of nitrogens with zero attached hydrogens (tertiary/aromatic N) is 4. The highest BCUT2D eigenvalue weighted by atomic mass is 16.6. The van der Waals surface area contributed by atoms with E-state index in [1.165, 1.54) is 15.9 Å². The maximum absolute atomic E-state index is 14.0. The minimum absolute atomic E-state index is 0.0909. The van der Waals surface area contributed by atoms with Crippen molar-refractivity contribution >= 4 is 46.6 Å². The first-order chi connectivity index (χ1) is 25.6. The predicted molar refractivity (Wildman–Crippen MR) is 199 cm³/mol. The average Bonchev–Trinajstić information content (AvgIpc) is 3.83. The summed E-state index contributed by atoms with van der Waals surface area (Å²) in [6.45, 7) is 11.8. The Labute approximate surface area is 316 Å². The number of rotatable bonds is 11. The van der Waals surface area contributed by atoms with Crippen molar-refractivity contribution in [3.8, 4) is 5.75 Å². The van der Waals surface area contributed by atoms with Crippen LogP contribution in [0.1, 0.15) is 95.6 Å². The van der Waals surface area contributed by atoms with Crippen molar-refractivity contribution in [2.45, 2.75) is 116 Å². The number of fused-ring (bicyclic) bond motifs is 1. The molecule has 294 valence electrons. The summed E-state index contributed by atoms with van der Waals surface area (Å²) in [5.74, 6) is -2.18. The van der Waals surface area contributed by atoms with Crippen molar-refractivity contribution < 1.29 is 43.0 Å². The second-order valence-corrected chi connectivity index (χ2v) is 15.3. The summed E-state index contributed by atoms with van der Waals surface area (Å²) in [4.78, 5) is 89.1. The van der Waals surface area contributed by atoms with Crippen LogP contribution in [0.2, 0.25) is 0 Å². The summed E-state index contributed by atoms with van der Waals surface area (Å²) in [6, 6.07) is 5.12. The molecule has 3 fully saturated rings. The summed E-state index contributed by atoms with van der Waals surface area (Å²) in [5.41, 5.74) is 0.382. The van der Waals surface area contributed by atoms with Gasteiger partial charge in [0.25, 0.3) is 11.8 Å². The lowest BCUT2D eigenvalue weighted by Crippen LogP contribution is -2.56. The normalized spacial score (nSPS) is 18.9. The van der Waals surface area contributed by atoms with Crippen LogP contribution in [0.25, 0.3) is 10.9 Å². The van der Waals surface area contributed by atoms with Gasteiger partial charge in [-0.25, -0.2) is 9.78 Å². The van der Waals surface area contributed by atoms with Crippen LogP contribution >= 0.6 is 0 Å². The van der Waals surface area contributed by atoms with Crippen LogP contribution in [-0.2, 0) is 28.7 Å². The molecule has 54 heavy (non-hydrogen) atoms. The third kappa shape index (κ3) is 10.2. The van der Waals surface area contributed by atoms with E-state index in [1.807, 2.05) is 13.0 Å². The van der Waals surface area contributed by atoms with E-state index in [0.29, 0.717) is 30.3 Å². The molecule has 2 aliphatic heterocycles. The van der Waals surface area contributed by atoms with Gasteiger partial charge in [0.2, 0.25) is 11.8 Å². The summed E-state index contributed by atoms with van der Waals surface area (Å²) in [7, 11) is 0. The molecule has 0 unspecified atom stereocenters. The minimum Gasteiger partial charge on any atom is -0.480 e. The Morgan fingerprint density at radius 2 is 1.59 bits per heavy atom. The second kappa shape index (κ2) is 17.5. The van der Waals surface area contributed by atoms with Crippen LogP contribution in [0.3, 0.4) is 0 Å². The van der Waals surface area contributed by atoms with E-state index in [1.54, 1.807) is 51.7 Å². The summed E-state index contributed by atoms with van der Waals surface area (Å²) in [5, 5.41) is 6.39. The molecule has 3 atom stereocenters. The van der Waals surface area contributed by atoms with E-state index in [9.17, 15) is 28.8 Å². The van der Waals surface area contributed by atoms with E-state index in [4.69, 9.17) is 14.2 Å². The van der Waals surface area contributed by atoms with E-state index in [0.717, 1.165) is 31.2 Å². The average molecular weight is 751 g/mol. The third-order valence-electron chi connectivity index (χ3n) is 9.86. The Morgan fingerprint density at radius 3 is 2.26 bits per heavy atom. The molecule has 15 heteroatoms. The van der Waals surface area contributed by atoms with Gasteiger partial charge in [0.05, 0.1) is 18.5 Å². The first kappa shape index (κ1) is 40.2. The quantitative estimate of drug-likeness (QED) is 0.324. The number of nitrogens with one attached hydrogen (secondary N) is 2. The fourth-order valence-electron chi connectivity index (χ4n) is 7.19. The molecule has 3 heterocycles. The van der Waals surface area contributed by atoms with Gasteiger partial charge in [-0.3, -0.25) is 24.0 Å². The number of benzene rings is 1. The largest absolute Gasteiger partial charge is 0.480 e. The number of esters is 1. The third-order valence-corrected chi connectivity index (χ3v) is 9.86. The molecular weight excluding hydrogens is 696 g/mol. The maximum atomic E-state index is 14.0. The maximum Gasteiger partial charge on any atom is 0.409 e. The van der Waals surface area contributed by atoms with Crippen molar-refractivity contribution in [2.75, 3.05) is 39.3 Å². The van der Waals surface area contributed by atoms with Crippen molar-refractivity contribution in [1.29, 1.82) is 0 Å². The van der Waals surface area contributed by atoms with Crippen molar-refractivity contribution in [2.24, 2.45) is 0 Å². The first-order valence-corrected chi connectivity index (χ1v) is 19.1. The summed E-state index contributed by atoms with van der Waals surface area (Å²) < 4.78 is 16.9. The van der Waals surface area contributed by atoms with Gasteiger partial charge in [0.1, 0.15) is 29.1 Å². The van der Waals surface area contributed by atoms with Gasteiger partial charge in [0, 0.05) is 50.2 Å². The topological polar surface area (TPSA) is 177 Å². The highest BCUT2D eigenvalue weighted by Gasteiger charge is 2.38. The number of piperazine rings is 1. The molecule has 1 aromatic carbocycles. The molecule has 1 aromatic heterocycles. The van der Waals surface area contributed by atoms with Crippen molar-refractivity contribution in [3.63, 3.8) is 0 Å². The Hall–Kier alpha value is -4.95. The Kier molecular flexibility index (Phi) is 13.0. The molecule has 0 bridgehead atoms. The van der Waals surface area contributed by atoms with Crippen LogP contribution in [-0.4, -0.2) is 125 Å². The Morgan fingerprint density at radius 1 is 0.907 bits per heavy atom. The van der Waals surface area contributed by atoms with Gasteiger partial charge in [-0.05, 0) is 84.9 Å². The number of aromatic nitrogens is 1. The van der Waals surface area contributed by atoms with Crippen LogP contribution in [0.15, 0.2) is 24.3 Å². The van der Waals surface area contributed by atoms with Crippen LogP contribution < -0.4 is 15.4 Å². The van der Waals surface area contributed by atoms with Gasteiger partial charge in [-0.15, -0.1) is 0 Å². The SMILES string of the molecule is CCOC(=O)N1CCN(C(=O)[C@H](CC(=O)OC(C)(C)C)NC(=O)c2cc(O[C@@H](C)C(=O)N3CCC[C@H]3C(=O)NC3CCCC3)c3ccc(C)cc3n2)CC1. The lowest BCUT2D eigenvalue weighted by molar-refractivity contribution is -0.157. The number of ether oxygens (including phenoxy) is 3. The van der Waals surface area contributed by atoms with Crippen LogP contribution in [0, 0.1) is 6.92 Å². The van der Waals surface area contributed by atoms with Gasteiger partial charge in [-0.1, -0.05) is 18.9 Å². The van der Waals surface area contributed by atoms with Gasteiger partial charge >= 0.3 is 12.1 Å². The summed E-state index contributed by atoms with van der Waals surface area (Å²) in [6.07, 6.45) is 3.42. The number of hydrogen-bond acceptors (Lipinski definition) is 10. The molecule has 15 nitrogen and oxygen atoms in total. The molecule has 3 aliphatic rings. The highest BCUT2D eigenvalue weighted by Crippen LogP contribution is 2.29. The number of carbonyl (C=O) groups is 6. The number of carbonyl (C=O) groups excluding carboxylic acids is 6. The first-order valence-electron chi connectivity index (χ1n) is 19.1. The predicted octanol–water partition coefficient (Wildman–Crippen LogP) is 3.49. The number of amides is 5. The molecule has 2 aromatic rings. The highest BCUT2D eigenvalue weighted by molar-refractivity contribution is 6.00. The second-order valence-electron chi connectivity index (χ2n) is 15.3. The fraction of sp³-hybridized carbons (Fsp3) is 0.615. The van der Waals surface area contributed by atoms with Gasteiger partial charge in [-0.2, -0.15) is 0 Å². The summed E-state index contributed by atoms with van der Waals surface area (Å²) >= 11 is 0. The van der Waals surface area contributed by atoms with E-state index < -0.39 is 54.1 Å². The molecule has 2 saturated heterocycles. The number of likely N-dealkylation sites (tertiary alicyclic amines) is 1. The van der Waals surface area contributed by atoms with Gasteiger partial charge < -0.3 is 39.5 Å². The number of pyridine rings is 1. The van der Waals surface area contributed by atoms with Crippen LogP contribution in [0.5, 0.6) is 5.75 Å². The molecule has 5 rings (SSSR count). The molecule has 5 amide bonds. The molecule has 2 N–H and O–H groups in total. The molecule has 0 radical (unpaired) electrons. The zero-order valence-corrected chi connectivity index (χ0v) is 32.3. The number of hydrogen-bond donors (Lipinski definition) is 2. The Bertz CT molecular complexity index is 1730. The van der Waals surface area contributed by atoms with Crippen LogP contribution in [0.4, 0.5) is 4.79 Å². The molecule has 1 saturated carbocycles. The molecule has 1 aliphatic carbocycles. The van der Waals surface area contributed by atoms with E-state index in [2.05, 4.69) is 15.6 Å². The minimum atomic E-state index is -1.30. The van der Waals surface area contributed by atoms with Gasteiger partial charge in [0.15, 0.2) is 6.10 Å². The zero-order chi connectivity index (χ0) is 39.2. The van der Waals surface area contributed by atoms with Crippen molar-refractivity contribution in [3.05, 3.63) is 35.5 Å². The lowest BCUT2D eigenvalue weighted by atomic mass is 10.1. The van der Waals surface area contributed by atoms with E-state index in [-0.39, 0.29) is 62.1 Å². The molecular formula is C39H54N6O9. The number of aryl methyl sites for hydroxylation is 1.